The summed E-state index contributed by atoms with van der Waals surface area (Å²) in [7, 11) is -3.48. The highest BCUT2D eigenvalue weighted by molar-refractivity contribution is 7.89. The van der Waals surface area contributed by atoms with Gasteiger partial charge in [0.25, 0.3) is 0 Å². The minimum absolute atomic E-state index is 0.0280. The van der Waals surface area contributed by atoms with Crippen molar-refractivity contribution in [1.82, 2.24) is 9.29 Å². The minimum atomic E-state index is -3.48. The van der Waals surface area contributed by atoms with Gasteiger partial charge in [-0.15, -0.1) is 6.58 Å². The molecule has 2 heterocycles. The number of nitrogens with one attached hydrogen (secondary N) is 1. The molecular formula is C16H18N2O2S. The highest BCUT2D eigenvalue weighted by Crippen LogP contribution is 2.31. The molecule has 0 amide bonds. The topological polar surface area (TPSA) is 53.2 Å². The van der Waals surface area contributed by atoms with Crippen LogP contribution in [0, 0.1) is 6.92 Å². The van der Waals surface area contributed by atoms with Crippen molar-refractivity contribution < 1.29 is 8.42 Å². The predicted octanol–water partition coefficient (Wildman–Crippen LogP) is 2.80. The quantitative estimate of drug-likeness (QED) is 0.886. The average Bonchev–Trinajstić information content (AvgIpc) is 2.95. The summed E-state index contributed by atoms with van der Waals surface area (Å²) >= 11 is 0. The van der Waals surface area contributed by atoms with Crippen LogP contribution in [0.15, 0.2) is 54.1 Å². The molecular weight excluding hydrogens is 284 g/mol. The number of rotatable bonds is 3. The van der Waals surface area contributed by atoms with Gasteiger partial charge in [-0.1, -0.05) is 23.8 Å². The zero-order chi connectivity index (χ0) is 15.0. The SMILES string of the molecule is C=C[C@H]1CN(S(=O)(=O)c2ccc(C)cc2)Cc2[nH]ccc21. The Balaban J connectivity index is 1.97. The Morgan fingerprint density at radius 2 is 2.00 bits per heavy atom. The number of hydrogen-bond acceptors (Lipinski definition) is 2. The van der Waals surface area contributed by atoms with Gasteiger partial charge in [-0.25, -0.2) is 8.42 Å². The number of nitrogens with zero attached hydrogens (tertiary/aromatic N) is 1. The Labute approximate surface area is 125 Å². The van der Waals surface area contributed by atoms with E-state index < -0.39 is 10.0 Å². The maximum absolute atomic E-state index is 12.8. The van der Waals surface area contributed by atoms with Gasteiger partial charge < -0.3 is 4.98 Å². The van der Waals surface area contributed by atoms with Crippen LogP contribution >= 0.6 is 0 Å². The maximum Gasteiger partial charge on any atom is 0.243 e. The second-order valence-electron chi connectivity index (χ2n) is 5.36. The van der Waals surface area contributed by atoms with Gasteiger partial charge in [0.15, 0.2) is 0 Å². The molecule has 0 saturated carbocycles. The lowest BCUT2D eigenvalue weighted by molar-refractivity contribution is 0.371. The van der Waals surface area contributed by atoms with E-state index in [9.17, 15) is 8.42 Å². The van der Waals surface area contributed by atoms with E-state index in [4.69, 9.17) is 0 Å². The Morgan fingerprint density at radius 1 is 1.29 bits per heavy atom. The largest absolute Gasteiger partial charge is 0.364 e. The lowest BCUT2D eigenvalue weighted by atomic mass is 9.96. The van der Waals surface area contributed by atoms with Crippen molar-refractivity contribution in [2.45, 2.75) is 24.3 Å². The molecule has 1 aromatic carbocycles. The third-order valence-electron chi connectivity index (χ3n) is 3.95. The fourth-order valence-electron chi connectivity index (χ4n) is 2.70. The third kappa shape index (κ3) is 2.43. The van der Waals surface area contributed by atoms with Gasteiger partial charge >= 0.3 is 0 Å². The molecule has 0 fully saturated rings. The minimum Gasteiger partial charge on any atom is -0.364 e. The van der Waals surface area contributed by atoms with Gasteiger partial charge in [0.2, 0.25) is 10.0 Å². The summed E-state index contributed by atoms with van der Waals surface area (Å²) < 4.78 is 27.1. The van der Waals surface area contributed by atoms with Gasteiger partial charge in [-0.05, 0) is 30.7 Å². The highest BCUT2D eigenvalue weighted by atomic mass is 32.2. The predicted molar refractivity (Wildman–Crippen MR) is 82.5 cm³/mol. The van der Waals surface area contributed by atoms with Crippen molar-refractivity contribution in [3.63, 3.8) is 0 Å². The molecule has 1 aliphatic rings. The van der Waals surface area contributed by atoms with Gasteiger partial charge in [0.05, 0.1) is 11.4 Å². The number of sulfonamides is 1. The van der Waals surface area contributed by atoms with Crippen LogP contribution in [0.5, 0.6) is 0 Å². The Morgan fingerprint density at radius 3 is 2.67 bits per heavy atom. The number of fused-ring (bicyclic) bond motifs is 1. The lowest BCUT2D eigenvalue weighted by Gasteiger charge is -2.30. The number of H-pyrrole nitrogens is 1. The van der Waals surface area contributed by atoms with Crippen LogP contribution in [0.3, 0.4) is 0 Å². The zero-order valence-corrected chi connectivity index (χ0v) is 12.7. The first kappa shape index (κ1) is 14.1. The van der Waals surface area contributed by atoms with Gasteiger partial charge in [-0.3, -0.25) is 0 Å². The van der Waals surface area contributed by atoms with Gasteiger partial charge in [0.1, 0.15) is 0 Å². The summed E-state index contributed by atoms with van der Waals surface area (Å²) in [6.45, 7) is 6.58. The number of hydrogen-bond donors (Lipinski definition) is 1. The monoisotopic (exact) mass is 302 g/mol. The molecule has 0 spiro atoms. The molecule has 4 nitrogen and oxygen atoms in total. The van der Waals surface area contributed by atoms with Crippen LogP contribution < -0.4 is 0 Å². The Hall–Kier alpha value is -1.85. The molecule has 1 aliphatic heterocycles. The van der Waals surface area contributed by atoms with Crippen LogP contribution in [0.25, 0.3) is 0 Å². The number of aryl methyl sites for hydroxylation is 1. The standard InChI is InChI=1S/C16H18N2O2S/c1-3-13-10-18(11-16-15(13)8-9-17-16)21(19,20)14-6-4-12(2)5-7-14/h3-9,13,17H,1,10-11H2,2H3/t13-/m0/s1. The fourth-order valence-corrected chi connectivity index (χ4v) is 4.14. The van der Waals surface area contributed by atoms with Crippen LogP contribution in [-0.2, 0) is 16.6 Å². The summed E-state index contributed by atoms with van der Waals surface area (Å²) in [5.41, 5.74) is 3.13. The van der Waals surface area contributed by atoms with E-state index in [2.05, 4.69) is 11.6 Å². The van der Waals surface area contributed by atoms with Crippen molar-refractivity contribution in [3.8, 4) is 0 Å². The summed E-state index contributed by atoms with van der Waals surface area (Å²) in [6, 6.07) is 8.97. The molecule has 0 saturated heterocycles. The molecule has 1 aromatic heterocycles. The molecule has 0 bridgehead atoms. The smallest absolute Gasteiger partial charge is 0.243 e. The summed E-state index contributed by atoms with van der Waals surface area (Å²) in [5.74, 6) is 0.0280. The first-order valence-corrected chi connectivity index (χ1v) is 8.32. The van der Waals surface area contributed by atoms with Crippen molar-refractivity contribution in [2.75, 3.05) is 6.54 Å². The van der Waals surface area contributed by atoms with E-state index in [1.807, 2.05) is 37.4 Å². The summed E-state index contributed by atoms with van der Waals surface area (Å²) in [4.78, 5) is 3.47. The molecule has 5 heteroatoms. The van der Waals surface area contributed by atoms with Gasteiger partial charge in [0, 0.05) is 24.4 Å². The van der Waals surface area contributed by atoms with Crippen LogP contribution in [-0.4, -0.2) is 24.3 Å². The van der Waals surface area contributed by atoms with Crippen molar-refractivity contribution in [2.24, 2.45) is 0 Å². The Bertz CT molecular complexity index is 760. The molecule has 0 radical (unpaired) electrons. The van der Waals surface area contributed by atoms with E-state index in [0.717, 1.165) is 16.8 Å². The van der Waals surface area contributed by atoms with Crippen LogP contribution in [0.2, 0.25) is 0 Å². The summed E-state index contributed by atoms with van der Waals surface area (Å²) in [6.07, 6.45) is 3.66. The van der Waals surface area contributed by atoms with Crippen molar-refractivity contribution >= 4 is 10.0 Å². The van der Waals surface area contributed by atoms with E-state index in [1.54, 1.807) is 12.1 Å². The molecule has 3 rings (SSSR count). The highest BCUT2D eigenvalue weighted by Gasteiger charge is 2.32. The molecule has 0 unspecified atom stereocenters. The normalized spacial score (nSPS) is 19.2. The van der Waals surface area contributed by atoms with Gasteiger partial charge in [-0.2, -0.15) is 4.31 Å². The molecule has 110 valence electrons. The molecule has 1 atom stereocenters. The van der Waals surface area contributed by atoms with E-state index in [0.29, 0.717) is 18.0 Å². The van der Waals surface area contributed by atoms with E-state index in [-0.39, 0.29) is 5.92 Å². The lowest BCUT2D eigenvalue weighted by Crippen LogP contribution is -2.37. The maximum atomic E-state index is 12.8. The fraction of sp³-hybridized carbons (Fsp3) is 0.250. The number of benzene rings is 1. The second kappa shape index (κ2) is 5.16. The molecule has 2 aromatic rings. The van der Waals surface area contributed by atoms with Crippen LogP contribution in [0.1, 0.15) is 22.7 Å². The second-order valence-corrected chi connectivity index (χ2v) is 7.30. The molecule has 0 aliphatic carbocycles. The average molecular weight is 302 g/mol. The first-order valence-electron chi connectivity index (χ1n) is 6.88. The number of aromatic nitrogens is 1. The number of aromatic amines is 1. The zero-order valence-electron chi connectivity index (χ0n) is 11.9. The van der Waals surface area contributed by atoms with Crippen molar-refractivity contribution in [3.05, 3.63) is 66.0 Å². The summed E-state index contributed by atoms with van der Waals surface area (Å²) in [5, 5.41) is 0. The first-order chi connectivity index (χ1) is 10.0. The van der Waals surface area contributed by atoms with Crippen LogP contribution in [0.4, 0.5) is 0 Å². The molecule has 1 N–H and O–H groups in total. The Kier molecular flexibility index (Phi) is 3.47. The van der Waals surface area contributed by atoms with Crippen molar-refractivity contribution in [1.29, 1.82) is 0 Å². The third-order valence-corrected chi connectivity index (χ3v) is 5.77. The molecule has 21 heavy (non-hydrogen) atoms. The van der Waals surface area contributed by atoms with E-state index in [1.165, 1.54) is 4.31 Å². The van der Waals surface area contributed by atoms with E-state index >= 15 is 0 Å².